The van der Waals surface area contributed by atoms with Crippen molar-refractivity contribution in [2.24, 2.45) is 0 Å². The van der Waals surface area contributed by atoms with Crippen LogP contribution >= 0.6 is 0 Å². The number of rotatable bonds is 2. The Balaban J connectivity index is 1.75. The van der Waals surface area contributed by atoms with Crippen LogP contribution in [0.2, 0.25) is 0 Å². The first-order valence-corrected chi connectivity index (χ1v) is 6.01. The van der Waals surface area contributed by atoms with Crippen LogP contribution in [0.25, 0.3) is 0 Å². The highest BCUT2D eigenvalue weighted by atomic mass is 16.7. The lowest BCUT2D eigenvalue weighted by Crippen LogP contribution is -2.36. The second kappa shape index (κ2) is 4.54. The molecular formula is C10H16N4O4. The zero-order chi connectivity index (χ0) is 12.7. The van der Waals surface area contributed by atoms with Crippen molar-refractivity contribution in [1.29, 1.82) is 0 Å². The van der Waals surface area contributed by atoms with E-state index < -0.39 is 18.5 Å². The molecule has 100 valence electrons. The lowest BCUT2D eigenvalue weighted by Gasteiger charge is -2.19. The van der Waals surface area contributed by atoms with Gasteiger partial charge in [-0.2, -0.15) is 0 Å². The predicted molar refractivity (Wildman–Crippen MR) is 57.3 cm³/mol. The molecule has 18 heavy (non-hydrogen) atoms. The van der Waals surface area contributed by atoms with Crippen LogP contribution in [-0.2, 0) is 27.4 Å². The van der Waals surface area contributed by atoms with Crippen molar-refractivity contribution in [3.8, 4) is 0 Å². The Morgan fingerprint density at radius 1 is 1.50 bits per heavy atom. The summed E-state index contributed by atoms with van der Waals surface area (Å²) in [6, 6.07) is 0. The number of aliphatic hydroxyl groups is 1. The minimum atomic E-state index is -0.796. The summed E-state index contributed by atoms with van der Waals surface area (Å²) in [6.07, 6.45) is -2.19. The number of aliphatic hydroxyl groups excluding tert-OH is 1. The molecule has 1 N–H and O–H groups in total. The van der Waals surface area contributed by atoms with Gasteiger partial charge in [0.05, 0.1) is 12.6 Å². The van der Waals surface area contributed by atoms with Gasteiger partial charge in [0.1, 0.15) is 24.9 Å². The molecule has 0 saturated carbocycles. The fourth-order valence-electron chi connectivity index (χ4n) is 2.25. The fourth-order valence-corrected chi connectivity index (χ4v) is 2.25. The molecule has 1 aromatic rings. The van der Waals surface area contributed by atoms with Crippen molar-refractivity contribution in [1.82, 2.24) is 20.2 Å². The van der Waals surface area contributed by atoms with Crippen molar-refractivity contribution >= 4 is 0 Å². The van der Waals surface area contributed by atoms with Crippen molar-refractivity contribution in [2.75, 3.05) is 0 Å². The average Bonchev–Trinajstić information content (AvgIpc) is 2.80. The van der Waals surface area contributed by atoms with Gasteiger partial charge in [0.25, 0.3) is 0 Å². The monoisotopic (exact) mass is 256 g/mol. The number of fused-ring (bicyclic) bond motifs is 2. The van der Waals surface area contributed by atoms with Gasteiger partial charge in [-0.1, -0.05) is 0 Å². The molecule has 8 nitrogen and oxygen atoms in total. The minimum Gasteiger partial charge on any atom is -0.385 e. The molecule has 0 aliphatic carbocycles. The second-order valence-corrected chi connectivity index (χ2v) is 4.77. The highest BCUT2D eigenvalue weighted by Crippen LogP contribution is 2.29. The minimum absolute atomic E-state index is 0.0180. The van der Waals surface area contributed by atoms with Gasteiger partial charge in [0.2, 0.25) is 0 Å². The highest BCUT2D eigenvalue weighted by Gasteiger charge is 2.47. The van der Waals surface area contributed by atoms with Crippen LogP contribution in [0.1, 0.15) is 19.7 Å². The van der Waals surface area contributed by atoms with E-state index in [-0.39, 0.29) is 18.8 Å². The van der Waals surface area contributed by atoms with Crippen molar-refractivity contribution < 1.29 is 19.3 Å². The van der Waals surface area contributed by atoms with E-state index >= 15 is 0 Å². The maximum Gasteiger partial charge on any atom is 0.186 e. The summed E-state index contributed by atoms with van der Waals surface area (Å²) in [5.41, 5.74) is 0. The van der Waals surface area contributed by atoms with Gasteiger partial charge in [-0.25, -0.2) is 4.68 Å². The van der Waals surface area contributed by atoms with Gasteiger partial charge in [-0.3, -0.25) is 0 Å². The van der Waals surface area contributed by atoms with Gasteiger partial charge in [-0.15, -0.1) is 5.10 Å². The Morgan fingerprint density at radius 2 is 2.33 bits per heavy atom. The number of ether oxygens (including phenoxy) is 3. The molecule has 0 spiro atoms. The molecule has 3 rings (SSSR count). The largest absolute Gasteiger partial charge is 0.385 e. The third-order valence-corrected chi connectivity index (χ3v) is 3.06. The number of tetrazole rings is 1. The Hall–Kier alpha value is -1.09. The molecule has 2 aliphatic rings. The van der Waals surface area contributed by atoms with Crippen LogP contribution in [0.5, 0.6) is 0 Å². The lowest BCUT2D eigenvalue weighted by atomic mass is 10.1. The first kappa shape index (κ1) is 12.0. The van der Waals surface area contributed by atoms with Crippen LogP contribution in [0, 0.1) is 0 Å². The Morgan fingerprint density at radius 3 is 3.11 bits per heavy atom. The first-order chi connectivity index (χ1) is 8.65. The van der Waals surface area contributed by atoms with Crippen LogP contribution in [0.3, 0.4) is 0 Å². The maximum atomic E-state index is 10.1. The van der Waals surface area contributed by atoms with Crippen LogP contribution < -0.4 is 0 Å². The van der Waals surface area contributed by atoms with Gasteiger partial charge in [-0.05, 0) is 24.3 Å². The van der Waals surface area contributed by atoms with Gasteiger partial charge in [0, 0.05) is 0 Å². The number of nitrogens with zero attached hydrogens (tertiary/aromatic N) is 4. The van der Waals surface area contributed by atoms with Crippen molar-refractivity contribution in [3.05, 3.63) is 5.82 Å². The molecule has 2 aliphatic heterocycles. The van der Waals surface area contributed by atoms with Gasteiger partial charge >= 0.3 is 0 Å². The molecule has 0 aromatic carbocycles. The standard InChI is InChI=1S/C10H16N4O4/c1-5(2)17-10-8(15)9-6(18-10)3-14-7(4-16-9)11-12-13-14/h5-6,8-10,15H,3-4H2,1-2H3/t6-,8-,9+,10-/m1/s1. The smallest absolute Gasteiger partial charge is 0.186 e. The van der Waals surface area contributed by atoms with E-state index in [0.29, 0.717) is 12.4 Å². The van der Waals surface area contributed by atoms with Crippen LogP contribution in [-0.4, -0.2) is 56.0 Å². The zero-order valence-electron chi connectivity index (χ0n) is 10.3. The maximum absolute atomic E-state index is 10.1. The molecule has 1 aromatic heterocycles. The topological polar surface area (TPSA) is 91.5 Å². The SMILES string of the molecule is CC(C)O[C@@H]1O[C@@H]2Cn3nnnc3CO[C@@H]2[C@H]1O. The van der Waals surface area contributed by atoms with Crippen molar-refractivity contribution in [2.45, 2.75) is 57.7 Å². The fraction of sp³-hybridized carbons (Fsp3) is 0.900. The van der Waals surface area contributed by atoms with E-state index in [1.54, 1.807) is 4.68 Å². The molecule has 4 atom stereocenters. The Kier molecular flexibility index (Phi) is 3.02. The quantitative estimate of drug-likeness (QED) is 0.731. The molecule has 1 saturated heterocycles. The molecule has 1 fully saturated rings. The summed E-state index contributed by atoms with van der Waals surface area (Å²) in [4.78, 5) is 0. The first-order valence-electron chi connectivity index (χ1n) is 6.01. The van der Waals surface area contributed by atoms with E-state index in [4.69, 9.17) is 14.2 Å². The summed E-state index contributed by atoms with van der Waals surface area (Å²) < 4.78 is 18.4. The summed E-state index contributed by atoms with van der Waals surface area (Å²) in [6.45, 7) is 4.51. The van der Waals surface area contributed by atoms with Crippen molar-refractivity contribution in [3.63, 3.8) is 0 Å². The van der Waals surface area contributed by atoms with Gasteiger partial charge in [0.15, 0.2) is 12.1 Å². The molecule has 8 heteroatoms. The summed E-state index contributed by atoms with van der Waals surface area (Å²) in [7, 11) is 0. The van der Waals surface area contributed by atoms with E-state index in [2.05, 4.69) is 15.5 Å². The third-order valence-electron chi connectivity index (χ3n) is 3.06. The molecule has 0 radical (unpaired) electrons. The van der Waals surface area contributed by atoms with Crippen LogP contribution in [0.15, 0.2) is 0 Å². The summed E-state index contributed by atoms with van der Waals surface area (Å²) in [5, 5.41) is 21.4. The van der Waals surface area contributed by atoms with E-state index in [1.165, 1.54) is 0 Å². The number of hydrogen-bond donors (Lipinski definition) is 1. The van der Waals surface area contributed by atoms with E-state index in [0.717, 1.165) is 0 Å². The van der Waals surface area contributed by atoms with Crippen LogP contribution in [0.4, 0.5) is 0 Å². The zero-order valence-corrected chi connectivity index (χ0v) is 10.3. The second-order valence-electron chi connectivity index (χ2n) is 4.77. The molecule has 0 bridgehead atoms. The molecular weight excluding hydrogens is 240 g/mol. The average molecular weight is 256 g/mol. The third kappa shape index (κ3) is 2.01. The number of hydrogen-bond acceptors (Lipinski definition) is 7. The molecule has 3 heterocycles. The molecule has 0 amide bonds. The Labute approximate surface area is 104 Å². The Bertz CT molecular complexity index is 424. The van der Waals surface area contributed by atoms with E-state index in [1.807, 2.05) is 13.8 Å². The highest BCUT2D eigenvalue weighted by molar-refractivity contribution is 4.93. The summed E-state index contributed by atoms with van der Waals surface area (Å²) >= 11 is 0. The summed E-state index contributed by atoms with van der Waals surface area (Å²) in [5.74, 6) is 0.640. The molecule has 0 unspecified atom stereocenters. The predicted octanol–water partition coefficient (Wildman–Crippen LogP) is -0.917. The number of aromatic nitrogens is 4. The normalized spacial score (nSPS) is 35.3. The lowest BCUT2D eigenvalue weighted by molar-refractivity contribution is -0.185. The van der Waals surface area contributed by atoms with E-state index in [9.17, 15) is 5.11 Å². The van der Waals surface area contributed by atoms with Gasteiger partial charge < -0.3 is 19.3 Å².